The predicted molar refractivity (Wildman–Crippen MR) is 67.7 cm³/mol. The fourth-order valence-corrected chi connectivity index (χ4v) is 2.28. The standard InChI is InChI=1S/C12H27N3O/c1-13(2)7-8-15-6-4-5-12(11-15)14(3)9-10-16/h12,16H,4-11H2,1-3H3. The van der Waals surface area contributed by atoms with Crippen molar-refractivity contribution >= 4 is 0 Å². The molecule has 1 aliphatic heterocycles. The van der Waals surface area contributed by atoms with Crippen LogP contribution in [-0.2, 0) is 0 Å². The Balaban J connectivity index is 2.29. The van der Waals surface area contributed by atoms with Crippen molar-refractivity contribution < 1.29 is 5.11 Å². The summed E-state index contributed by atoms with van der Waals surface area (Å²) in [7, 11) is 6.37. The molecule has 0 bridgehead atoms. The summed E-state index contributed by atoms with van der Waals surface area (Å²) >= 11 is 0. The first kappa shape index (κ1) is 13.9. The van der Waals surface area contributed by atoms with E-state index < -0.39 is 0 Å². The lowest BCUT2D eigenvalue weighted by atomic mass is 10.0. The van der Waals surface area contributed by atoms with Gasteiger partial charge in [0.15, 0.2) is 0 Å². The summed E-state index contributed by atoms with van der Waals surface area (Å²) in [4.78, 5) is 7.07. The average molecular weight is 229 g/mol. The van der Waals surface area contributed by atoms with Gasteiger partial charge in [0.05, 0.1) is 6.61 Å². The molecule has 1 atom stereocenters. The Morgan fingerprint density at radius 1 is 1.25 bits per heavy atom. The van der Waals surface area contributed by atoms with E-state index in [1.807, 2.05) is 0 Å². The van der Waals surface area contributed by atoms with Crippen molar-refractivity contribution in [2.75, 3.05) is 60.5 Å². The Bertz CT molecular complexity index is 187. The van der Waals surface area contributed by atoms with E-state index in [-0.39, 0.29) is 6.61 Å². The molecule has 4 nitrogen and oxygen atoms in total. The van der Waals surface area contributed by atoms with Crippen LogP contribution in [0.15, 0.2) is 0 Å². The molecule has 0 amide bonds. The van der Waals surface area contributed by atoms with Gasteiger partial charge >= 0.3 is 0 Å². The number of likely N-dealkylation sites (tertiary alicyclic amines) is 1. The number of aliphatic hydroxyl groups is 1. The van der Waals surface area contributed by atoms with Crippen molar-refractivity contribution in [2.45, 2.75) is 18.9 Å². The molecule has 1 N–H and O–H groups in total. The lowest BCUT2D eigenvalue weighted by Crippen LogP contribution is -2.48. The van der Waals surface area contributed by atoms with Crippen LogP contribution in [0.25, 0.3) is 0 Å². The number of hydrogen-bond acceptors (Lipinski definition) is 4. The molecule has 1 unspecified atom stereocenters. The minimum Gasteiger partial charge on any atom is -0.395 e. The number of piperidine rings is 1. The monoisotopic (exact) mass is 229 g/mol. The zero-order valence-corrected chi connectivity index (χ0v) is 11.0. The zero-order chi connectivity index (χ0) is 12.0. The second kappa shape index (κ2) is 7.22. The van der Waals surface area contributed by atoms with E-state index in [1.54, 1.807) is 0 Å². The van der Waals surface area contributed by atoms with Crippen LogP contribution >= 0.6 is 0 Å². The van der Waals surface area contributed by atoms with Crippen LogP contribution in [-0.4, -0.2) is 86.3 Å². The van der Waals surface area contributed by atoms with Crippen molar-refractivity contribution in [3.63, 3.8) is 0 Å². The van der Waals surface area contributed by atoms with Crippen LogP contribution in [0.3, 0.4) is 0 Å². The first-order chi connectivity index (χ1) is 7.63. The molecule has 0 spiro atoms. The molecular formula is C12H27N3O. The van der Waals surface area contributed by atoms with Gasteiger partial charge in [0.2, 0.25) is 0 Å². The van der Waals surface area contributed by atoms with Crippen LogP contribution in [0, 0.1) is 0 Å². The molecule has 96 valence electrons. The molecule has 1 aliphatic rings. The molecule has 1 saturated heterocycles. The highest BCUT2D eigenvalue weighted by Crippen LogP contribution is 2.14. The molecule has 0 aromatic heterocycles. The SMILES string of the molecule is CN(C)CCN1CCCC(N(C)CCO)C1. The maximum atomic E-state index is 8.95. The number of rotatable bonds is 6. The first-order valence-electron chi connectivity index (χ1n) is 6.31. The summed E-state index contributed by atoms with van der Waals surface area (Å²) in [5.41, 5.74) is 0. The number of nitrogens with zero attached hydrogens (tertiary/aromatic N) is 3. The van der Waals surface area contributed by atoms with Gasteiger partial charge in [0.25, 0.3) is 0 Å². The number of hydrogen-bond donors (Lipinski definition) is 1. The highest BCUT2D eigenvalue weighted by atomic mass is 16.3. The third-order valence-electron chi connectivity index (χ3n) is 3.42. The maximum Gasteiger partial charge on any atom is 0.0558 e. The van der Waals surface area contributed by atoms with Crippen molar-refractivity contribution in [2.24, 2.45) is 0 Å². The molecule has 0 radical (unpaired) electrons. The predicted octanol–water partition coefficient (Wildman–Crippen LogP) is -0.0635. The second-order valence-electron chi connectivity index (χ2n) is 5.10. The lowest BCUT2D eigenvalue weighted by molar-refractivity contribution is 0.0968. The molecule has 16 heavy (non-hydrogen) atoms. The summed E-state index contributed by atoms with van der Waals surface area (Å²) in [6, 6.07) is 0.628. The summed E-state index contributed by atoms with van der Waals surface area (Å²) in [5.74, 6) is 0. The maximum absolute atomic E-state index is 8.95. The summed E-state index contributed by atoms with van der Waals surface area (Å²) in [5, 5.41) is 8.95. The lowest BCUT2D eigenvalue weighted by Gasteiger charge is -2.37. The van der Waals surface area contributed by atoms with Gasteiger partial charge in [-0.25, -0.2) is 0 Å². The molecule has 0 aromatic carbocycles. The normalized spacial score (nSPS) is 23.2. The van der Waals surface area contributed by atoms with Crippen LogP contribution in [0.1, 0.15) is 12.8 Å². The smallest absolute Gasteiger partial charge is 0.0558 e. The molecular weight excluding hydrogens is 202 g/mol. The van der Waals surface area contributed by atoms with Gasteiger partial charge in [-0.2, -0.15) is 0 Å². The van der Waals surface area contributed by atoms with E-state index in [0.717, 1.165) is 26.2 Å². The number of aliphatic hydroxyl groups excluding tert-OH is 1. The minimum absolute atomic E-state index is 0.269. The molecule has 0 saturated carbocycles. The van der Waals surface area contributed by atoms with Crippen molar-refractivity contribution in [3.8, 4) is 0 Å². The molecule has 1 heterocycles. The topological polar surface area (TPSA) is 30.0 Å². The third kappa shape index (κ3) is 4.78. The molecule has 0 aliphatic carbocycles. The highest BCUT2D eigenvalue weighted by molar-refractivity contribution is 4.79. The summed E-state index contributed by atoms with van der Waals surface area (Å²) < 4.78 is 0. The molecule has 0 aromatic rings. The van der Waals surface area contributed by atoms with Crippen molar-refractivity contribution in [3.05, 3.63) is 0 Å². The summed E-state index contributed by atoms with van der Waals surface area (Å²) in [6.07, 6.45) is 2.56. The first-order valence-corrected chi connectivity index (χ1v) is 6.31. The highest BCUT2D eigenvalue weighted by Gasteiger charge is 2.22. The van der Waals surface area contributed by atoms with Crippen LogP contribution < -0.4 is 0 Å². The van der Waals surface area contributed by atoms with Crippen molar-refractivity contribution in [1.82, 2.24) is 14.7 Å². The minimum atomic E-state index is 0.269. The van der Waals surface area contributed by atoms with E-state index in [0.29, 0.717) is 6.04 Å². The van der Waals surface area contributed by atoms with Crippen molar-refractivity contribution in [1.29, 1.82) is 0 Å². The Morgan fingerprint density at radius 3 is 2.62 bits per heavy atom. The third-order valence-corrected chi connectivity index (χ3v) is 3.42. The fraction of sp³-hybridized carbons (Fsp3) is 1.00. The van der Waals surface area contributed by atoms with E-state index in [1.165, 1.54) is 19.4 Å². The molecule has 1 rings (SSSR count). The van der Waals surface area contributed by atoms with Gasteiger partial charge in [-0.05, 0) is 40.5 Å². The van der Waals surface area contributed by atoms with Crippen LogP contribution in [0.5, 0.6) is 0 Å². The van der Waals surface area contributed by atoms with Crippen LogP contribution in [0.2, 0.25) is 0 Å². The fourth-order valence-electron chi connectivity index (χ4n) is 2.28. The van der Waals surface area contributed by atoms with Gasteiger partial charge < -0.3 is 14.9 Å². The Hall–Kier alpha value is -0.160. The Kier molecular flexibility index (Phi) is 6.28. The van der Waals surface area contributed by atoms with Gasteiger partial charge in [-0.3, -0.25) is 4.90 Å². The average Bonchev–Trinajstić information content (AvgIpc) is 2.27. The van der Waals surface area contributed by atoms with E-state index >= 15 is 0 Å². The van der Waals surface area contributed by atoms with Gasteiger partial charge in [0.1, 0.15) is 0 Å². The largest absolute Gasteiger partial charge is 0.395 e. The van der Waals surface area contributed by atoms with Gasteiger partial charge in [-0.15, -0.1) is 0 Å². The molecule has 1 fully saturated rings. The van der Waals surface area contributed by atoms with E-state index in [9.17, 15) is 0 Å². The Labute approximate surface area is 99.8 Å². The van der Waals surface area contributed by atoms with Crippen LogP contribution in [0.4, 0.5) is 0 Å². The quantitative estimate of drug-likeness (QED) is 0.691. The zero-order valence-electron chi connectivity index (χ0n) is 11.0. The van der Waals surface area contributed by atoms with Gasteiger partial charge in [0, 0.05) is 32.2 Å². The Morgan fingerprint density at radius 2 is 2.00 bits per heavy atom. The number of likely N-dealkylation sites (N-methyl/N-ethyl adjacent to an activating group) is 2. The van der Waals surface area contributed by atoms with Gasteiger partial charge in [-0.1, -0.05) is 0 Å². The summed E-state index contributed by atoms with van der Waals surface area (Å²) in [6.45, 7) is 5.76. The second-order valence-corrected chi connectivity index (χ2v) is 5.10. The van der Waals surface area contributed by atoms with E-state index in [2.05, 4.69) is 35.8 Å². The van der Waals surface area contributed by atoms with E-state index in [4.69, 9.17) is 5.11 Å². The molecule has 4 heteroatoms.